The normalized spacial score (nSPS) is 10.7. The Bertz CT molecular complexity index is 790. The minimum atomic E-state index is 0.632. The summed E-state index contributed by atoms with van der Waals surface area (Å²) in [6.45, 7) is 4.80. The number of nitrogen functional groups attached to an aromatic ring is 1. The Kier molecular flexibility index (Phi) is 4.63. The number of thiazole rings is 1. The van der Waals surface area contributed by atoms with Gasteiger partial charge in [0.1, 0.15) is 5.75 Å². The minimum absolute atomic E-state index is 0.632. The van der Waals surface area contributed by atoms with Crippen molar-refractivity contribution in [2.75, 3.05) is 12.3 Å². The molecule has 0 fully saturated rings. The molecule has 3 aromatic rings. The van der Waals surface area contributed by atoms with Crippen molar-refractivity contribution in [3.8, 4) is 17.0 Å². The van der Waals surface area contributed by atoms with Gasteiger partial charge in [0.05, 0.1) is 17.3 Å². The Labute approximate surface area is 140 Å². The van der Waals surface area contributed by atoms with E-state index < -0.39 is 0 Å². The van der Waals surface area contributed by atoms with Crippen molar-refractivity contribution in [1.29, 1.82) is 0 Å². The van der Waals surface area contributed by atoms with E-state index in [0.29, 0.717) is 6.61 Å². The number of nitrogens with two attached hydrogens (primary N) is 1. The van der Waals surface area contributed by atoms with E-state index in [4.69, 9.17) is 10.5 Å². The highest BCUT2D eigenvalue weighted by atomic mass is 32.1. The lowest BCUT2D eigenvalue weighted by atomic mass is 10.1. The highest BCUT2D eigenvalue weighted by molar-refractivity contribution is 7.09. The number of hydrogen-bond acceptors (Lipinski definition) is 4. The van der Waals surface area contributed by atoms with Gasteiger partial charge in [0, 0.05) is 23.1 Å². The molecule has 0 aliphatic rings. The average Bonchev–Trinajstić information content (AvgIpc) is 2.95. The van der Waals surface area contributed by atoms with E-state index in [0.717, 1.165) is 34.1 Å². The molecule has 0 bridgehead atoms. The summed E-state index contributed by atoms with van der Waals surface area (Å²) in [5, 5.41) is 3.15. The van der Waals surface area contributed by atoms with Crippen LogP contribution in [0.5, 0.6) is 5.75 Å². The first-order chi connectivity index (χ1) is 11.1. The van der Waals surface area contributed by atoms with Gasteiger partial charge in [-0.15, -0.1) is 11.3 Å². The summed E-state index contributed by atoms with van der Waals surface area (Å²) in [4.78, 5) is 4.67. The van der Waals surface area contributed by atoms with Crippen molar-refractivity contribution in [2.45, 2.75) is 20.3 Å². The lowest BCUT2D eigenvalue weighted by Crippen LogP contribution is -2.01. The molecule has 0 aliphatic carbocycles. The summed E-state index contributed by atoms with van der Waals surface area (Å²) in [6, 6.07) is 14.1. The fourth-order valence-corrected chi connectivity index (χ4v) is 3.32. The van der Waals surface area contributed by atoms with Gasteiger partial charge in [0.15, 0.2) is 0 Å². The zero-order valence-corrected chi connectivity index (χ0v) is 14.2. The summed E-state index contributed by atoms with van der Waals surface area (Å²) in [6.07, 6.45) is 0.806. The number of anilines is 1. The Morgan fingerprint density at radius 2 is 1.87 bits per heavy atom. The van der Waals surface area contributed by atoms with Crippen LogP contribution in [0.2, 0.25) is 0 Å². The zero-order valence-electron chi connectivity index (χ0n) is 13.4. The molecule has 0 saturated heterocycles. The van der Waals surface area contributed by atoms with Crippen molar-refractivity contribution < 1.29 is 4.74 Å². The first-order valence-corrected chi connectivity index (χ1v) is 8.49. The predicted molar refractivity (Wildman–Crippen MR) is 97.1 cm³/mol. The maximum absolute atomic E-state index is 5.85. The maximum atomic E-state index is 5.85. The van der Waals surface area contributed by atoms with Crippen LogP contribution in [-0.2, 0) is 6.42 Å². The maximum Gasteiger partial charge on any atom is 0.119 e. The smallest absolute Gasteiger partial charge is 0.119 e. The largest absolute Gasteiger partial charge is 0.493 e. The number of aryl methyl sites for hydroxylation is 2. The van der Waals surface area contributed by atoms with Gasteiger partial charge in [0.2, 0.25) is 0 Å². The number of benzene rings is 2. The van der Waals surface area contributed by atoms with E-state index in [2.05, 4.69) is 42.4 Å². The van der Waals surface area contributed by atoms with E-state index in [-0.39, 0.29) is 0 Å². The van der Waals surface area contributed by atoms with Crippen molar-refractivity contribution in [2.24, 2.45) is 0 Å². The molecular formula is C19H20N2OS. The molecule has 118 valence electrons. The van der Waals surface area contributed by atoms with E-state index in [1.165, 1.54) is 11.1 Å². The van der Waals surface area contributed by atoms with Crippen LogP contribution in [0.3, 0.4) is 0 Å². The standard InChI is InChI=1S/C19H20N2OS/c1-13-8-14(2)10-17(9-13)22-7-6-19-21-18(12-23-19)15-4-3-5-16(20)11-15/h3-5,8-12H,6-7,20H2,1-2H3. The van der Waals surface area contributed by atoms with Gasteiger partial charge in [-0.05, 0) is 49.2 Å². The van der Waals surface area contributed by atoms with E-state index in [1.54, 1.807) is 11.3 Å². The molecule has 0 unspecified atom stereocenters. The van der Waals surface area contributed by atoms with Crippen LogP contribution in [0.15, 0.2) is 47.8 Å². The molecule has 3 rings (SSSR count). The Morgan fingerprint density at radius 1 is 1.09 bits per heavy atom. The van der Waals surface area contributed by atoms with Crippen LogP contribution in [0, 0.1) is 13.8 Å². The summed E-state index contributed by atoms with van der Waals surface area (Å²) in [5.74, 6) is 0.926. The number of hydrogen-bond donors (Lipinski definition) is 1. The van der Waals surface area contributed by atoms with Crippen molar-refractivity contribution >= 4 is 17.0 Å². The summed E-state index contributed by atoms with van der Waals surface area (Å²) >= 11 is 1.66. The summed E-state index contributed by atoms with van der Waals surface area (Å²) in [7, 11) is 0. The van der Waals surface area contributed by atoms with Gasteiger partial charge in [0.25, 0.3) is 0 Å². The average molecular weight is 324 g/mol. The zero-order chi connectivity index (χ0) is 16.2. The second kappa shape index (κ2) is 6.84. The topological polar surface area (TPSA) is 48.1 Å². The van der Waals surface area contributed by atoms with E-state index >= 15 is 0 Å². The van der Waals surface area contributed by atoms with Gasteiger partial charge in [-0.1, -0.05) is 18.2 Å². The molecule has 0 spiro atoms. The third-order valence-corrected chi connectivity index (χ3v) is 4.42. The van der Waals surface area contributed by atoms with Gasteiger partial charge >= 0.3 is 0 Å². The highest BCUT2D eigenvalue weighted by Crippen LogP contribution is 2.24. The van der Waals surface area contributed by atoms with Gasteiger partial charge in [-0.25, -0.2) is 4.98 Å². The lowest BCUT2D eigenvalue weighted by molar-refractivity contribution is 0.321. The molecule has 2 aromatic carbocycles. The SMILES string of the molecule is Cc1cc(C)cc(OCCc2nc(-c3cccc(N)c3)cs2)c1. The Balaban J connectivity index is 1.61. The van der Waals surface area contributed by atoms with Gasteiger partial charge in [-0.3, -0.25) is 0 Å². The third kappa shape index (κ3) is 4.11. The number of nitrogens with zero attached hydrogens (tertiary/aromatic N) is 1. The van der Waals surface area contributed by atoms with Crippen molar-refractivity contribution in [1.82, 2.24) is 4.98 Å². The van der Waals surface area contributed by atoms with Crippen LogP contribution in [0.25, 0.3) is 11.3 Å². The molecular weight excluding hydrogens is 304 g/mol. The van der Waals surface area contributed by atoms with Crippen LogP contribution in [0.4, 0.5) is 5.69 Å². The van der Waals surface area contributed by atoms with Crippen molar-refractivity contribution in [3.63, 3.8) is 0 Å². The second-order valence-corrected chi connectivity index (χ2v) is 6.62. The number of rotatable bonds is 5. The molecule has 0 amide bonds. The van der Waals surface area contributed by atoms with Crippen LogP contribution < -0.4 is 10.5 Å². The van der Waals surface area contributed by atoms with E-state index in [1.807, 2.05) is 24.3 Å². The molecule has 1 aromatic heterocycles. The monoisotopic (exact) mass is 324 g/mol. The molecule has 0 atom stereocenters. The first kappa shape index (κ1) is 15.6. The molecule has 0 saturated carbocycles. The first-order valence-electron chi connectivity index (χ1n) is 7.61. The van der Waals surface area contributed by atoms with Crippen LogP contribution in [0.1, 0.15) is 16.1 Å². The molecule has 1 heterocycles. The molecule has 4 heteroatoms. The number of aromatic nitrogens is 1. The minimum Gasteiger partial charge on any atom is -0.493 e. The number of ether oxygens (including phenoxy) is 1. The molecule has 0 radical (unpaired) electrons. The van der Waals surface area contributed by atoms with Crippen molar-refractivity contribution in [3.05, 3.63) is 64.0 Å². The highest BCUT2D eigenvalue weighted by Gasteiger charge is 2.05. The molecule has 0 aliphatic heterocycles. The van der Waals surface area contributed by atoms with Crippen LogP contribution >= 0.6 is 11.3 Å². The Hall–Kier alpha value is -2.33. The fraction of sp³-hybridized carbons (Fsp3) is 0.211. The van der Waals surface area contributed by atoms with Gasteiger partial charge < -0.3 is 10.5 Å². The lowest BCUT2D eigenvalue weighted by Gasteiger charge is -2.07. The fourth-order valence-electron chi connectivity index (χ4n) is 2.53. The van der Waals surface area contributed by atoms with Gasteiger partial charge in [-0.2, -0.15) is 0 Å². The summed E-state index contributed by atoms with van der Waals surface area (Å²) in [5.41, 5.74) is 11.1. The summed E-state index contributed by atoms with van der Waals surface area (Å²) < 4.78 is 5.85. The van der Waals surface area contributed by atoms with E-state index in [9.17, 15) is 0 Å². The van der Waals surface area contributed by atoms with Crippen LogP contribution in [-0.4, -0.2) is 11.6 Å². The second-order valence-electron chi connectivity index (χ2n) is 5.67. The Morgan fingerprint density at radius 3 is 2.61 bits per heavy atom. The quantitative estimate of drug-likeness (QED) is 0.696. The predicted octanol–water partition coefficient (Wildman–Crippen LogP) is 4.63. The third-order valence-electron chi connectivity index (χ3n) is 3.51. The molecule has 3 nitrogen and oxygen atoms in total. The molecule has 2 N–H and O–H groups in total. The molecule has 23 heavy (non-hydrogen) atoms.